The van der Waals surface area contributed by atoms with Crippen LogP contribution in [0, 0.1) is 0 Å². The molecule has 0 radical (unpaired) electrons. The highest BCUT2D eigenvalue weighted by Crippen LogP contribution is 2.04. The van der Waals surface area contributed by atoms with E-state index in [1.54, 1.807) is 30.3 Å². The van der Waals surface area contributed by atoms with Crippen molar-refractivity contribution in [1.82, 2.24) is 9.88 Å². The van der Waals surface area contributed by atoms with Crippen LogP contribution in [0.1, 0.15) is 23.0 Å². The zero-order valence-corrected chi connectivity index (χ0v) is 8.53. The van der Waals surface area contributed by atoms with E-state index in [0.717, 1.165) is 5.69 Å². The Hall–Kier alpha value is -1.42. The first-order valence-electron chi connectivity index (χ1n) is 4.59. The first-order valence-corrected chi connectivity index (χ1v) is 4.59. The van der Waals surface area contributed by atoms with E-state index in [2.05, 4.69) is 4.98 Å². The molecule has 0 unspecified atom stereocenters. The Bertz CT molecular complexity index is 325. The number of carbonyl (C=O) groups is 1. The summed E-state index contributed by atoms with van der Waals surface area (Å²) in [5.41, 5.74) is 6.82. The van der Waals surface area contributed by atoms with Crippen LogP contribution in [-0.2, 0) is 6.54 Å². The van der Waals surface area contributed by atoms with Crippen LogP contribution < -0.4 is 5.73 Å². The van der Waals surface area contributed by atoms with E-state index in [1.807, 2.05) is 6.92 Å². The molecule has 0 fully saturated rings. The summed E-state index contributed by atoms with van der Waals surface area (Å²) in [6.45, 7) is 2.99. The Balaban J connectivity index is 2.90. The second kappa shape index (κ2) is 4.72. The molecule has 0 bridgehead atoms. The molecule has 1 heterocycles. The normalized spacial score (nSPS) is 9.93. The minimum atomic E-state index is 0.00426. The zero-order valence-electron chi connectivity index (χ0n) is 8.53. The number of hydrogen-bond donors (Lipinski definition) is 1. The van der Waals surface area contributed by atoms with Gasteiger partial charge in [-0.3, -0.25) is 9.78 Å². The van der Waals surface area contributed by atoms with Gasteiger partial charge in [-0.2, -0.15) is 0 Å². The van der Waals surface area contributed by atoms with Gasteiger partial charge < -0.3 is 10.6 Å². The minimum absolute atomic E-state index is 0.00426. The zero-order chi connectivity index (χ0) is 10.6. The van der Waals surface area contributed by atoms with Gasteiger partial charge in [0.1, 0.15) is 0 Å². The number of pyridine rings is 1. The number of rotatable bonds is 3. The maximum atomic E-state index is 11.7. The molecule has 0 spiro atoms. The molecule has 0 atom stereocenters. The number of amides is 1. The average Bonchev–Trinajstić information content (AvgIpc) is 2.27. The first kappa shape index (κ1) is 10.7. The first-order chi connectivity index (χ1) is 6.69. The second-order valence-corrected chi connectivity index (χ2v) is 3.06. The van der Waals surface area contributed by atoms with Gasteiger partial charge >= 0.3 is 0 Å². The fourth-order valence-corrected chi connectivity index (χ4v) is 1.09. The SMILES string of the molecule is CCN(C)C(=O)c1ccnc(CN)c1. The summed E-state index contributed by atoms with van der Waals surface area (Å²) in [7, 11) is 1.77. The highest BCUT2D eigenvalue weighted by atomic mass is 16.2. The molecule has 1 amide bonds. The lowest BCUT2D eigenvalue weighted by Crippen LogP contribution is -2.26. The lowest BCUT2D eigenvalue weighted by molar-refractivity contribution is 0.0802. The highest BCUT2D eigenvalue weighted by molar-refractivity contribution is 5.94. The van der Waals surface area contributed by atoms with Crippen molar-refractivity contribution >= 4 is 5.91 Å². The van der Waals surface area contributed by atoms with E-state index in [1.165, 1.54) is 0 Å². The highest BCUT2D eigenvalue weighted by Gasteiger charge is 2.09. The molecule has 1 aromatic heterocycles. The van der Waals surface area contributed by atoms with Gasteiger partial charge in [-0.05, 0) is 19.1 Å². The Morgan fingerprint density at radius 1 is 1.64 bits per heavy atom. The fraction of sp³-hybridized carbons (Fsp3) is 0.400. The van der Waals surface area contributed by atoms with E-state index in [-0.39, 0.29) is 5.91 Å². The van der Waals surface area contributed by atoms with Crippen LogP contribution in [0.15, 0.2) is 18.3 Å². The minimum Gasteiger partial charge on any atom is -0.342 e. The van der Waals surface area contributed by atoms with Crippen molar-refractivity contribution in [2.75, 3.05) is 13.6 Å². The van der Waals surface area contributed by atoms with E-state index < -0.39 is 0 Å². The molecule has 0 saturated carbocycles. The lowest BCUT2D eigenvalue weighted by atomic mass is 10.2. The van der Waals surface area contributed by atoms with Crippen LogP contribution in [0.5, 0.6) is 0 Å². The van der Waals surface area contributed by atoms with Gasteiger partial charge in [-0.15, -0.1) is 0 Å². The van der Waals surface area contributed by atoms with E-state index in [0.29, 0.717) is 18.7 Å². The number of hydrogen-bond acceptors (Lipinski definition) is 3. The van der Waals surface area contributed by atoms with Crippen molar-refractivity contribution in [3.63, 3.8) is 0 Å². The van der Waals surface area contributed by atoms with E-state index >= 15 is 0 Å². The third kappa shape index (κ3) is 2.29. The molecule has 0 aliphatic rings. The van der Waals surface area contributed by atoms with Crippen LogP contribution in [0.4, 0.5) is 0 Å². The molecule has 76 valence electrons. The Morgan fingerprint density at radius 2 is 2.36 bits per heavy atom. The van der Waals surface area contributed by atoms with Crippen LogP contribution in [0.25, 0.3) is 0 Å². The van der Waals surface area contributed by atoms with Gasteiger partial charge in [-0.1, -0.05) is 0 Å². The fourth-order valence-electron chi connectivity index (χ4n) is 1.09. The number of nitrogens with zero attached hydrogens (tertiary/aromatic N) is 2. The number of nitrogens with two attached hydrogens (primary N) is 1. The maximum Gasteiger partial charge on any atom is 0.253 e. The molecule has 0 aliphatic heterocycles. The van der Waals surface area contributed by atoms with Crippen LogP contribution in [0.3, 0.4) is 0 Å². The third-order valence-corrected chi connectivity index (χ3v) is 2.09. The van der Waals surface area contributed by atoms with Crippen molar-refractivity contribution in [1.29, 1.82) is 0 Å². The quantitative estimate of drug-likeness (QED) is 0.766. The average molecular weight is 193 g/mol. The smallest absolute Gasteiger partial charge is 0.253 e. The topological polar surface area (TPSA) is 59.2 Å². The van der Waals surface area contributed by atoms with Crippen molar-refractivity contribution < 1.29 is 4.79 Å². The molecular formula is C10H15N3O. The molecule has 4 heteroatoms. The second-order valence-electron chi connectivity index (χ2n) is 3.06. The maximum absolute atomic E-state index is 11.7. The number of carbonyl (C=O) groups excluding carboxylic acids is 1. The third-order valence-electron chi connectivity index (χ3n) is 2.09. The largest absolute Gasteiger partial charge is 0.342 e. The van der Waals surface area contributed by atoms with Crippen molar-refractivity contribution in [3.05, 3.63) is 29.6 Å². The summed E-state index contributed by atoms with van der Waals surface area (Å²) in [4.78, 5) is 17.4. The van der Waals surface area contributed by atoms with E-state index in [4.69, 9.17) is 5.73 Å². The van der Waals surface area contributed by atoms with Gasteiger partial charge in [0, 0.05) is 31.9 Å². The van der Waals surface area contributed by atoms with Gasteiger partial charge in [0.2, 0.25) is 0 Å². The molecular weight excluding hydrogens is 178 g/mol. The predicted octanol–water partition coefficient (Wildman–Crippen LogP) is 0.632. The molecule has 1 rings (SSSR count). The molecule has 14 heavy (non-hydrogen) atoms. The van der Waals surface area contributed by atoms with Gasteiger partial charge in [0.05, 0.1) is 5.69 Å². The Kier molecular flexibility index (Phi) is 3.59. The van der Waals surface area contributed by atoms with Crippen LogP contribution in [0.2, 0.25) is 0 Å². The Labute approximate surface area is 83.7 Å². The van der Waals surface area contributed by atoms with Gasteiger partial charge in [0.15, 0.2) is 0 Å². The van der Waals surface area contributed by atoms with Crippen LogP contribution >= 0.6 is 0 Å². The molecule has 0 saturated heterocycles. The molecule has 0 aliphatic carbocycles. The molecule has 1 aromatic rings. The van der Waals surface area contributed by atoms with Crippen LogP contribution in [-0.4, -0.2) is 29.4 Å². The van der Waals surface area contributed by atoms with Gasteiger partial charge in [-0.25, -0.2) is 0 Å². The molecule has 2 N–H and O–H groups in total. The summed E-state index contributed by atoms with van der Waals surface area (Å²) in [5.74, 6) is 0.00426. The molecule has 0 aromatic carbocycles. The standard InChI is InChI=1S/C10H15N3O/c1-3-13(2)10(14)8-4-5-12-9(6-8)7-11/h4-6H,3,7,11H2,1-2H3. The lowest BCUT2D eigenvalue weighted by Gasteiger charge is -2.14. The van der Waals surface area contributed by atoms with Crippen molar-refractivity contribution in [3.8, 4) is 0 Å². The van der Waals surface area contributed by atoms with Crippen molar-refractivity contribution in [2.24, 2.45) is 5.73 Å². The molecule has 4 nitrogen and oxygen atoms in total. The van der Waals surface area contributed by atoms with Gasteiger partial charge in [0.25, 0.3) is 5.91 Å². The van der Waals surface area contributed by atoms with Crippen molar-refractivity contribution in [2.45, 2.75) is 13.5 Å². The summed E-state index contributed by atoms with van der Waals surface area (Å²) in [6.07, 6.45) is 1.61. The Morgan fingerprint density at radius 3 is 2.93 bits per heavy atom. The number of aromatic nitrogens is 1. The summed E-state index contributed by atoms with van der Waals surface area (Å²) in [5, 5.41) is 0. The summed E-state index contributed by atoms with van der Waals surface area (Å²) in [6, 6.07) is 3.43. The predicted molar refractivity (Wildman–Crippen MR) is 54.8 cm³/mol. The monoisotopic (exact) mass is 193 g/mol. The van der Waals surface area contributed by atoms with E-state index in [9.17, 15) is 4.79 Å². The summed E-state index contributed by atoms with van der Waals surface area (Å²) >= 11 is 0. The summed E-state index contributed by atoms with van der Waals surface area (Å²) < 4.78 is 0.